The van der Waals surface area contributed by atoms with E-state index in [0.29, 0.717) is 6.54 Å². The molecular formula is C13H23N3O2. The van der Waals surface area contributed by atoms with Crippen molar-refractivity contribution in [3.8, 4) is 12.3 Å². The topological polar surface area (TPSA) is 53.6 Å². The summed E-state index contributed by atoms with van der Waals surface area (Å²) >= 11 is 0. The lowest BCUT2D eigenvalue weighted by molar-refractivity contribution is -0.122. The molecule has 2 N–H and O–H groups in total. The molecule has 1 amide bonds. The molecule has 0 aromatic rings. The number of nitrogens with one attached hydrogen (secondary N) is 2. The van der Waals surface area contributed by atoms with Crippen LogP contribution >= 0.6 is 0 Å². The van der Waals surface area contributed by atoms with Gasteiger partial charge in [-0.05, 0) is 13.5 Å². The number of nitrogens with zero attached hydrogens (tertiary/aromatic N) is 1. The number of hydrogen-bond donors (Lipinski definition) is 2. The van der Waals surface area contributed by atoms with Gasteiger partial charge in [-0.25, -0.2) is 0 Å². The van der Waals surface area contributed by atoms with Crippen LogP contribution in [0.3, 0.4) is 0 Å². The Bertz CT molecular complexity index is 301. The number of likely N-dealkylation sites (N-methyl/N-ethyl adjacent to an activating group) is 1. The predicted molar refractivity (Wildman–Crippen MR) is 71.2 cm³/mol. The zero-order valence-corrected chi connectivity index (χ0v) is 11.2. The molecule has 0 aromatic heterocycles. The molecular weight excluding hydrogens is 230 g/mol. The van der Waals surface area contributed by atoms with Crippen LogP contribution in [-0.4, -0.2) is 62.3 Å². The minimum absolute atomic E-state index is 0.0730. The van der Waals surface area contributed by atoms with E-state index >= 15 is 0 Å². The summed E-state index contributed by atoms with van der Waals surface area (Å²) in [5, 5.41) is 5.82. The summed E-state index contributed by atoms with van der Waals surface area (Å²) in [6.45, 7) is 8.64. The van der Waals surface area contributed by atoms with Crippen LogP contribution < -0.4 is 10.6 Å². The van der Waals surface area contributed by atoms with E-state index in [9.17, 15) is 4.79 Å². The van der Waals surface area contributed by atoms with E-state index in [1.54, 1.807) is 0 Å². The molecule has 1 aliphatic rings. The van der Waals surface area contributed by atoms with Gasteiger partial charge in [0.05, 0.1) is 25.3 Å². The number of terminal acetylenes is 1. The molecule has 1 saturated heterocycles. The Morgan fingerprint density at radius 1 is 1.67 bits per heavy atom. The molecule has 1 rings (SSSR count). The first-order valence-corrected chi connectivity index (χ1v) is 6.45. The van der Waals surface area contributed by atoms with E-state index in [1.807, 2.05) is 6.92 Å². The number of carbonyl (C=O) groups excluding carboxylic acids is 1. The van der Waals surface area contributed by atoms with Crippen molar-refractivity contribution >= 4 is 5.91 Å². The van der Waals surface area contributed by atoms with Crippen molar-refractivity contribution in [3.63, 3.8) is 0 Å². The minimum atomic E-state index is -0.251. The first-order valence-electron chi connectivity index (χ1n) is 6.45. The second kappa shape index (κ2) is 8.09. The molecule has 1 heterocycles. The van der Waals surface area contributed by atoms with Crippen LogP contribution in [0.4, 0.5) is 0 Å². The number of carbonyl (C=O) groups is 1. The number of hydrogen-bond acceptors (Lipinski definition) is 4. The third-order valence-electron chi connectivity index (χ3n) is 3.08. The Labute approximate surface area is 109 Å². The molecule has 0 aliphatic carbocycles. The highest BCUT2D eigenvalue weighted by atomic mass is 16.5. The Kier molecular flexibility index (Phi) is 6.73. The predicted octanol–water partition coefficient (Wildman–Crippen LogP) is -0.565. The fourth-order valence-corrected chi connectivity index (χ4v) is 1.88. The van der Waals surface area contributed by atoms with Gasteiger partial charge in [0.2, 0.25) is 5.91 Å². The first kappa shape index (κ1) is 15.0. The Balaban J connectivity index is 2.23. The van der Waals surface area contributed by atoms with Crippen molar-refractivity contribution in [3.05, 3.63) is 0 Å². The molecule has 0 radical (unpaired) electrons. The normalized spacial score (nSPS) is 22.2. The fraction of sp³-hybridized carbons (Fsp3) is 0.769. The Morgan fingerprint density at radius 3 is 3.11 bits per heavy atom. The lowest BCUT2D eigenvalue weighted by Crippen LogP contribution is -2.50. The SMILES string of the molecule is C#CCNC(=O)C(C)NCC1CN(CC)CCO1. The van der Waals surface area contributed by atoms with E-state index < -0.39 is 0 Å². The van der Waals surface area contributed by atoms with Crippen LogP contribution in [0, 0.1) is 12.3 Å². The summed E-state index contributed by atoms with van der Waals surface area (Å²) in [6, 6.07) is -0.251. The molecule has 102 valence electrons. The lowest BCUT2D eigenvalue weighted by atomic mass is 10.2. The van der Waals surface area contributed by atoms with Crippen molar-refractivity contribution in [2.75, 3.05) is 39.3 Å². The molecule has 0 saturated carbocycles. The smallest absolute Gasteiger partial charge is 0.237 e. The maximum atomic E-state index is 11.6. The summed E-state index contributed by atoms with van der Waals surface area (Å²) in [4.78, 5) is 13.9. The van der Waals surface area contributed by atoms with E-state index in [2.05, 4.69) is 28.4 Å². The zero-order valence-electron chi connectivity index (χ0n) is 11.2. The largest absolute Gasteiger partial charge is 0.374 e. The quantitative estimate of drug-likeness (QED) is 0.623. The average molecular weight is 253 g/mol. The molecule has 1 fully saturated rings. The van der Waals surface area contributed by atoms with Gasteiger partial charge in [0.25, 0.3) is 0 Å². The molecule has 2 unspecified atom stereocenters. The van der Waals surface area contributed by atoms with Crippen LogP contribution in [0.25, 0.3) is 0 Å². The van der Waals surface area contributed by atoms with Gasteiger partial charge < -0.3 is 15.4 Å². The number of ether oxygens (including phenoxy) is 1. The van der Waals surface area contributed by atoms with Gasteiger partial charge in [-0.2, -0.15) is 0 Å². The van der Waals surface area contributed by atoms with Crippen LogP contribution in [0.2, 0.25) is 0 Å². The van der Waals surface area contributed by atoms with Gasteiger partial charge in [0.1, 0.15) is 0 Å². The summed E-state index contributed by atoms with van der Waals surface area (Å²) in [7, 11) is 0. The second-order valence-corrected chi connectivity index (χ2v) is 4.44. The molecule has 0 bridgehead atoms. The molecule has 1 aliphatic heterocycles. The van der Waals surface area contributed by atoms with Crippen molar-refractivity contribution in [2.24, 2.45) is 0 Å². The van der Waals surface area contributed by atoms with E-state index in [1.165, 1.54) is 0 Å². The molecule has 5 nitrogen and oxygen atoms in total. The number of morpholine rings is 1. The molecule has 0 aromatic carbocycles. The molecule has 0 spiro atoms. The molecule has 2 atom stereocenters. The fourth-order valence-electron chi connectivity index (χ4n) is 1.88. The minimum Gasteiger partial charge on any atom is -0.374 e. The summed E-state index contributed by atoms with van der Waals surface area (Å²) < 4.78 is 5.65. The van der Waals surface area contributed by atoms with Crippen molar-refractivity contribution < 1.29 is 9.53 Å². The summed E-state index contributed by atoms with van der Waals surface area (Å²) in [6.07, 6.45) is 5.24. The van der Waals surface area contributed by atoms with Crippen LogP contribution in [0.15, 0.2) is 0 Å². The van der Waals surface area contributed by atoms with Crippen molar-refractivity contribution in [1.29, 1.82) is 0 Å². The Morgan fingerprint density at radius 2 is 2.44 bits per heavy atom. The number of amides is 1. The zero-order chi connectivity index (χ0) is 13.4. The van der Waals surface area contributed by atoms with Crippen LogP contribution in [0.1, 0.15) is 13.8 Å². The van der Waals surface area contributed by atoms with Gasteiger partial charge >= 0.3 is 0 Å². The highest BCUT2D eigenvalue weighted by Gasteiger charge is 2.20. The third-order valence-corrected chi connectivity index (χ3v) is 3.08. The van der Waals surface area contributed by atoms with Gasteiger partial charge in [-0.3, -0.25) is 9.69 Å². The molecule has 18 heavy (non-hydrogen) atoms. The van der Waals surface area contributed by atoms with Gasteiger partial charge in [0.15, 0.2) is 0 Å². The van der Waals surface area contributed by atoms with Crippen molar-refractivity contribution in [1.82, 2.24) is 15.5 Å². The summed E-state index contributed by atoms with van der Waals surface area (Å²) in [5.41, 5.74) is 0. The van der Waals surface area contributed by atoms with Gasteiger partial charge in [0, 0.05) is 19.6 Å². The Hall–Kier alpha value is -1.09. The van der Waals surface area contributed by atoms with Crippen molar-refractivity contribution in [2.45, 2.75) is 26.0 Å². The second-order valence-electron chi connectivity index (χ2n) is 4.44. The van der Waals surface area contributed by atoms with E-state index in [-0.39, 0.29) is 24.6 Å². The average Bonchev–Trinajstić information content (AvgIpc) is 2.42. The molecule has 5 heteroatoms. The highest BCUT2D eigenvalue weighted by molar-refractivity contribution is 5.81. The standard InChI is InChI=1S/C13H23N3O2/c1-4-6-14-13(17)11(3)15-9-12-10-16(5-2)7-8-18-12/h1,11-12,15H,5-10H2,2-3H3,(H,14,17). The van der Waals surface area contributed by atoms with Gasteiger partial charge in [-0.1, -0.05) is 12.8 Å². The van der Waals surface area contributed by atoms with E-state index in [4.69, 9.17) is 11.2 Å². The van der Waals surface area contributed by atoms with Crippen LogP contribution in [0.5, 0.6) is 0 Å². The van der Waals surface area contributed by atoms with Crippen LogP contribution in [-0.2, 0) is 9.53 Å². The van der Waals surface area contributed by atoms with Gasteiger partial charge in [-0.15, -0.1) is 6.42 Å². The third kappa shape index (κ3) is 5.05. The number of rotatable bonds is 6. The first-order chi connectivity index (χ1) is 8.67. The maximum absolute atomic E-state index is 11.6. The lowest BCUT2D eigenvalue weighted by Gasteiger charge is -2.32. The highest BCUT2D eigenvalue weighted by Crippen LogP contribution is 2.03. The monoisotopic (exact) mass is 253 g/mol. The maximum Gasteiger partial charge on any atom is 0.237 e. The summed E-state index contributed by atoms with van der Waals surface area (Å²) in [5.74, 6) is 2.31. The van der Waals surface area contributed by atoms with E-state index in [0.717, 1.165) is 26.2 Å².